The quantitative estimate of drug-likeness (QED) is 0.00660. The van der Waals surface area contributed by atoms with Gasteiger partial charge in [0.2, 0.25) is 29.5 Å². The molecule has 2 saturated heterocycles. The zero-order valence-corrected chi connectivity index (χ0v) is 59.7. The average Bonchev–Trinajstić information content (AvgIpc) is 1.62. The number of nitrogens with one attached hydrogen (secondary N) is 4. The molecule has 2 fully saturated rings. The Labute approximate surface area is 594 Å². The first kappa shape index (κ1) is 86.1. The molecule has 39 nitrogen and oxygen atoms in total. The molecule has 5 heterocycles. The van der Waals surface area contributed by atoms with Gasteiger partial charge >= 0.3 is 46.5 Å². The predicted molar refractivity (Wildman–Crippen MR) is 348 cm³/mol. The van der Waals surface area contributed by atoms with Gasteiger partial charge in [-0.2, -0.15) is 4.31 Å². The average molecular weight is 1550 g/mol. The SMILES string of the molecule is CC(CC(O)NC1CCCCN([O-])C1=O)OC(=O)C(CCCCN([O-])C([O-])/C=C/CCCCCCC(=O)SCCNC(=O)CCNC(=O)C(O)C(C)(C)COP(=O)(O)OP(=O)(O)OCC1OC(n2cnc3c(N)ncnc32)C(O)C1OP(=O)(O)O)NC(=O)C1COC(c2ccccc2[O-])=N1.[Fe+4]. The number of hydroxylamine groups is 4. The number of nitrogens with two attached hydrogens (primary N) is 1. The molecule has 0 bridgehead atoms. The fourth-order valence-corrected chi connectivity index (χ4v) is 13.8. The zero-order chi connectivity index (χ0) is 73.5. The van der Waals surface area contributed by atoms with Crippen LogP contribution >= 0.6 is 35.2 Å². The van der Waals surface area contributed by atoms with Gasteiger partial charge in [0.25, 0.3) is 0 Å². The first-order chi connectivity index (χ1) is 47.1. The monoisotopic (exact) mass is 1550 g/mol. The van der Waals surface area contributed by atoms with Crippen LogP contribution in [0.25, 0.3) is 11.2 Å². The van der Waals surface area contributed by atoms with Gasteiger partial charge in [-0.1, -0.05) is 86.8 Å². The number of fused-ring (bicyclic) bond motifs is 1. The standard InChI is InChI=1S/C57H86N12O27P3S.Fe/c1-34(28-42(72)64-36-17-12-15-26-69(82)54(36)79)93-56(80)37(65-51(77)38-29-90-53(66-38)35-16-10-11-19-39(35)70)18-13-14-25-68(81)43(73)20-8-6-4-5-7-9-21-44(74)100-27-24-59-41(71)22-23-60-52(78)48(76)57(2,3)31-92-99(88,89)96-98(86,87)91-30-40-47(95-97(83,84)85)46(75)55(94-40)67-33-63-45-49(58)61-32-62-50(45)67;/h8,10-11,16,19-20,32-34,36-38,40,42-43,46-48,55,64,70,72,75-76H,4-7,9,12-15,17-18,21-31H2,1-3H3,(H,59,71)(H,60,78)(H,65,77)(H,86,87)(H,88,89)(H2,58,61,62)(H2,83,84,85);/q-3;+4/p-1/b20-8+;. The van der Waals surface area contributed by atoms with E-state index in [-0.39, 0.29) is 133 Å². The number of imidazole rings is 1. The number of thioether (sulfide) groups is 1. The van der Waals surface area contributed by atoms with Crippen molar-refractivity contribution in [2.24, 2.45) is 10.4 Å². The molecule has 1 aromatic carbocycles. The van der Waals surface area contributed by atoms with Crippen LogP contribution in [0.4, 0.5) is 5.82 Å². The van der Waals surface area contributed by atoms with Gasteiger partial charge in [0.05, 0.1) is 25.6 Å². The number of phosphoric ester groups is 3. The third kappa shape index (κ3) is 28.1. The molecular weight excluding hydrogens is 1470 g/mol. The molecule has 101 heavy (non-hydrogen) atoms. The Kier molecular flexibility index (Phi) is 34.7. The second-order valence-electron chi connectivity index (χ2n) is 24.2. The van der Waals surface area contributed by atoms with E-state index in [0.29, 0.717) is 55.1 Å². The summed E-state index contributed by atoms with van der Waals surface area (Å²) in [5, 5.41) is 93.0. The number of phosphoric acid groups is 3. The third-order valence-electron chi connectivity index (χ3n) is 15.6. The minimum atomic E-state index is -5.64. The summed E-state index contributed by atoms with van der Waals surface area (Å²) < 4.78 is 73.8. The van der Waals surface area contributed by atoms with Crippen molar-refractivity contribution in [1.29, 1.82) is 0 Å². The molecule has 13 unspecified atom stereocenters. The number of para-hydroxylation sites is 1. The number of rotatable bonds is 42. The molecule has 0 spiro atoms. The summed E-state index contributed by atoms with van der Waals surface area (Å²) in [6.07, 6.45) is -3.42. The van der Waals surface area contributed by atoms with Gasteiger partial charge in [-0.15, -0.1) is 0 Å². The van der Waals surface area contributed by atoms with Gasteiger partial charge in [0, 0.05) is 55.6 Å². The molecule has 3 aliphatic rings. The number of aliphatic hydroxyl groups excluding tert-OH is 3. The fraction of sp³-hybridized carbons (Fsp3) is 0.649. The van der Waals surface area contributed by atoms with Crippen LogP contribution in [0.3, 0.4) is 0 Å². The molecule has 3 aromatic rings. The number of anilines is 1. The summed E-state index contributed by atoms with van der Waals surface area (Å²) in [6, 6.07) is 2.64. The van der Waals surface area contributed by atoms with Crippen LogP contribution in [0, 0.1) is 15.8 Å². The number of carbonyl (C=O) groups excluding carboxylic acids is 6. The topological polar surface area (TPSA) is 589 Å². The summed E-state index contributed by atoms with van der Waals surface area (Å²) in [6.45, 7) is 1.29. The van der Waals surface area contributed by atoms with Crippen LogP contribution < -0.4 is 37.2 Å². The molecule has 6 rings (SSSR count). The summed E-state index contributed by atoms with van der Waals surface area (Å²) in [7, 11) is -16.6. The number of allylic oxidation sites excluding steroid dienone is 1. The molecule has 2 aromatic heterocycles. The number of nitrogens with zero attached hydrogens (tertiary/aromatic N) is 7. The summed E-state index contributed by atoms with van der Waals surface area (Å²) in [4.78, 5) is 133. The van der Waals surface area contributed by atoms with Gasteiger partial charge < -0.3 is 102 Å². The van der Waals surface area contributed by atoms with Crippen molar-refractivity contribution < 1.29 is 137 Å². The number of amides is 4. The molecule has 564 valence electrons. The van der Waals surface area contributed by atoms with Crippen molar-refractivity contribution in [1.82, 2.24) is 50.9 Å². The van der Waals surface area contributed by atoms with Gasteiger partial charge in [0.15, 0.2) is 28.9 Å². The molecule has 44 heteroatoms. The number of nitrogen functional groups attached to an aromatic ring is 1. The van der Waals surface area contributed by atoms with E-state index < -0.39 is 139 Å². The molecule has 13 N–H and O–H groups in total. The Bertz CT molecular complexity index is 3450. The molecule has 3 aliphatic heterocycles. The Balaban J connectivity index is 0.0000184. The molecule has 0 saturated carbocycles. The van der Waals surface area contributed by atoms with Gasteiger partial charge in [0.1, 0.15) is 61.2 Å². The first-order valence-electron chi connectivity index (χ1n) is 31.9. The number of aromatic nitrogens is 4. The molecule has 0 radical (unpaired) electrons. The number of aliphatic hydroxyl groups is 3. The first-order valence-corrected chi connectivity index (χ1v) is 37.4. The Morgan fingerprint density at radius 3 is 2.42 bits per heavy atom. The van der Waals surface area contributed by atoms with Crippen molar-refractivity contribution in [3.05, 3.63) is 65.1 Å². The number of carbonyl (C=O) groups is 6. The van der Waals surface area contributed by atoms with E-state index in [9.17, 15) is 98.0 Å². The number of benzene rings is 1. The number of hydrogen-bond donors (Lipinski definition) is 12. The van der Waals surface area contributed by atoms with E-state index >= 15 is 0 Å². The second kappa shape index (κ2) is 40.7. The van der Waals surface area contributed by atoms with Gasteiger partial charge in [-0.05, 0) is 71.3 Å². The van der Waals surface area contributed by atoms with Crippen LogP contribution in [0.1, 0.15) is 122 Å². The van der Waals surface area contributed by atoms with E-state index in [1.807, 2.05) is 0 Å². The molecular formula is C57H85FeN12O27P3S. The van der Waals surface area contributed by atoms with E-state index in [0.717, 1.165) is 35.4 Å². The summed E-state index contributed by atoms with van der Waals surface area (Å²) in [5.74, 6) is -4.06. The van der Waals surface area contributed by atoms with E-state index in [1.54, 1.807) is 12.1 Å². The van der Waals surface area contributed by atoms with E-state index in [1.165, 1.54) is 45.0 Å². The van der Waals surface area contributed by atoms with E-state index in [2.05, 4.69) is 50.0 Å². The maximum absolute atomic E-state index is 13.5. The predicted octanol–water partition coefficient (Wildman–Crippen LogP) is -0.272. The minimum absolute atomic E-state index is 0. The summed E-state index contributed by atoms with van der Waals surface area (Å²) in [5.41, 5.74) is 4.32. The largest absolute Gasteiger partial charge is 4.00 e. The van der Waals surface area contributed by atoms with Crippen molar-refractivity contribution in [2.45, 2.75) is 178 Å². The van der Waals surface area contributed by atoms with Crippen LogP contribution in [-0.4, -0.2) is 218 Å². The zero-order valence-electron chi connectivity index (χ0n) is 55.1. The fourth-order valence-electron chi connectivity index (χ4n) is 10.2. The van der Waals surface area contributed by atoms with Crippen molar-refractivity contribution in [3.8, 4) is 5.75 Å². The van der Waals surface area contributed by atoms with Crippen LogP contribution in [0.2, 0.25) is 0 Å². The number of ether oxygens (including phenoxy) is 3. The number of esters is 1. The van der Waals surface area contributed by atoms with Gasteiger partial charge in [-0.25, -0.2) is 38.4 Å². The molecule has 4 amide bonds. The number of hydrogen-bond acceptors (Lipinski definition) is 31. The summed E-state index contributed by atoms with van der Waals surface area (Å²) >= 11 is 1.01. The van der Waals surface area contributed by atoms with Gasteiger partial charge in [-0.3, -0.25) is 47.4 Å². The Morgan fingerprint density at radius 1 is 0.960 bits per heavy atom. The maximum Gasteiger partial charge on any atom is 4.00 e. The number of aliphatic imine (C=N–C) groups is 1. The minimum Gasteiger partial charge on any atom is -0.872 e. The van der Waals surface area contributed by atoms with Crippen LogP contribution in [0.15, 0.2) is 54.1 Å². The van der Waals surface area contributed by atoms with Crippen LogP contribution in [0.5, 0.6) is 5.75 Å². The normalized spacial score (nSPS) is 21.7. The smallest absolute Gasteiger partial charge is 0.872 e. The van der Waals surface area contributed by atoms with E-state index in [4.69, 9.17) is 29.0 Å². The van der Waals surface area contributed by atoms with Crippen molar-refractivity contribution in [2.75, 3.05) is 57.5 Å². The van der Waals surface area contributed by atoms with Crippen molar-refractivity contribution >= 4 is 92.8 Å². The number of unbranched alkanes of at least 4 members (excludes halogenated alkanes) is 5. The van der Waals surface area contributed by atoms with Crippen LogP contribution in [-0.2, 0) is 91.6 Å². The van der Waals surface area contributed by atoms with Crippen molar-refractivity contribution in [3.63, 3.8) is 0 Å². The Morgan fingerprint density at radius 2 is 1.68 bits per heavy atom. The second-order valence-corrected chi connectivity index (χ2v) is 29.6. The third-order valence-corrected chi connectivity index (χ3v) is 19.6. The molecule has 13 atom stereocenters. The maximum atomic E-state index is 13.5. The molecule has 0 aliphatic carbocycles. The Hall–Kier alpha value is -5.52.